The quantitative estimate of drug-likeness (QED) is 0.572. The van der Waals surface area contributed by atoms with Crippen molar-refractivity contribution in [3.05, 3.63) is 18.7 Å². The fraction of sp³-hybridized carbons (Fsp3) is 0.571. The number of hydrogen-bond acceptors (Lipinski definition) is 1. The van der Waals surface area contributed by atoms with Gasteiger partial charge in [-0.25, -0.2) is 4.98 Å². The Balaban J connectivity index is 1.99. The van der Waals surface area contributed by atoms with E-state index in [1.54, 1.807) is 6.20 Å². The normalized spacial score (nSPS) is 18.2. The molecule has 0 aliphatic heterocycles. The van der Waals surface area contributed by atoms with Crippen LogP contribution in [0.25, 0.3) is 0 Å². The number of nitrogens with zero attached hydrogens (tertiary/aromatic N) is 2. The highest BCUT2D eigenvalue weighted by Gasteiger charge is 2.21. The van der Waals surface area contributed by atoms with E-state index < -0.39 is 0 Å². The predicted molar refractivity (Wildman–Crippen MR) is 33.8 cm³/mol. The molecule has 0 atom stereocenters. The molecule has 0 unspecified atom stereocenters. The molecule has 0 amide bonds. The Morgan fingerprint density at radius 1 is 1.67 bits per heavy atom. The first-order chi connectivity index (χ1) is 4.45. The van der Waals surface area contributed by atoms with E-state index in [1.807, 2.05) is 10.8 Å². The molecule has 1 aromatic heterocycles. The van der Waals surface area contributed by atoms with Gasteiger partial charge in [-0.3, -0.25) is 0 Å². The van der Waals surface area contributed by atoms with E-state index in [4.69, 9.17) is 0 Å². The highest BCUT2D eigenvalue weighted by molar-refractivity contribution is 4.79. The molecule has 0 saturated heterocycles. The lowest BCUT2D eigenvalue weighted by molar-refractivity contribution is 0.622. The molecule has 1 fully saturated rings. The summed E-state index contributed by atoms with van der Waals surface area (Å²) >= 11 is 0. The minimum absolute atomic E-state index is 0.926. The number of aromatic nitrogens is 2. The van der Waals surface area contributed by atoms with Gasteiger partial charge in [-0.05, 0) is 18.8 Å². The second-order valence-electron chi connectivity index (χ2n) is 2.62. The molecule has 1 aliphatic carbocycles. The minimum Gasteiger partial charge on any atom is -0.328 e. The molecule has 2 rings (SSSR count). The molecule has 2 nitrogen and oxygen atoms in total. The summed E-state index contributed by atoms with van der Waals surface area (Å²) in [6.07, 6.45) is 9.42. The van der Waals surface area contributed by atoms with Gasteiger partial charge in [0.1, 0.15) is 0 Å². The van der Waals surface area contributed by atoms with Gasteiger partial charge in [0.2, 0.25) is 0 Å². The van der Waals surface area contributed by atoms with Gasteiger partial charge in [0.05, 0.1) is 0 Å². The predicted octanol–water partition coefficient (Wildman–Crippen LogP) is 1.09. The molecule has 0 spiro atoms. The first-order valence-corrected chi connectivity index (χ1v) is 3.34. The van der Waals surface area contributed by atoms with E-state index in [9.17, 15) is 0 Å². The Bertz CT molecular complexity index is 175. The van der Waals surface area contributed by atoms with Crippen LogP contribution in [0.3, 0.4) is 0 Å². The summed E-state index contributed by atoms with van der Waals surface area (Å²) in [6, 6.07) is 0. The summed E-state index contributed by atoms with van der Waals surface area (Å²) in [5.41, 5.74) is 0. The Morgan fingerprint density at radius 3 is 3.11 bits per heavy atom. The molecule has 1 heterocycles. The van der Waals surface area contributed by atoms with Gasteiger partial charge in [-0.2, -0.15) is 0 Å². The topological polar surface area (TPSA) is 17.8 Å². The molecule has 0 aromatic carbocycles. The van der Waals surface area contributed by atoms with Gasteiger partial charge in [0, 0.05) is 18.9 Å². The van der Waals surface area contributed by atoms with Gasteiger partial charge in [0.15, 0.2) is 6.33 Å². The monoisotopic (exact) mass is 121 g/mol. The molecule has 1 radical (unpaired) electrons. The molecule has 1 saturated carbocycles. The van der Waals surface area contributed by atoms with Crippen molar-refractivity contribution in [1.29, 1.82) is 0 Å². The maximum Gasteiger partial charge on any atom is 0.176 e. The minimum atomic E-state index is 0.926. The zero-order valence-corrected chi connectivity index (χ0v) is 5.25. The zero-order chi connectivity index (χ0) is 6.10. The van der Waals surface area contributed by atoms with E-state index in [2.05, 4.69) is 11.3 Å². The number of hydrogen-bond donors (Lipinski definition) is 0. The summed E-state index contributed by atoms with van der Waals surface area (Å²) in [5, 5.41) is 0. The van der Waals surface area contributed by atoms with Gasteiger partial charge in [-0.1, -0.05) is 0 Å². The number of imidazole rings is 1. The smallest absolute Gasteiger partial charge is 0.176 e. The fourth-order valence-corrected chi connectivity index (χ4v) is 0.935. The molecule has 0 bridgehead atoms. The Labute approximate surface area is 54.5 Å². The van der Waals surface area contributed by atoms with Crippen LogP contribution in [-0.2, 0) is 6.54 Å². The molecule has 1 aromatic rings. The lowest BCUT2D eigenvalue weighted by atomic mass is 10.4. The van der Waals surface area contributed by atoms with Crippen LogP contribution >= 0.6 is 0 Å². The van der Waals surface area contributed by atoms with Crippen LogP contribution in [0.1, 0.15) is 12.8 Å². The maximum atomic E-state index is 3.84. The zero-order valence-electron chi connectivity index (χ0n) is 5.25. The van der Waals surface area contributed by atoms with Crippen LogP contribution in [0.2, 0.25) is 0 Å². The molecule has 2 heteroatoms. The highest BCUT2D eigenvalue weighted by Crippen LogP contribution is 2.30. The molecular weight excluding hydrogens is 112 g/mol. The SMILES string of the molecule is [c]1nccn1CC1CC1. The van der Waals surface area contributed by atoms with Crippen LogP contribution in [-0.4, -0.2) is 9.55 Å². The average molecular weight is 121 g/mol. The van der Waals surface area contributed by atoms with Crippen molar-refractivity contribution in [3.8, 4) is 0 Å². The lowest BCUT2D eigenvalue weighted by Crippen LogP contribution is -1.95. The van der Waals surface area contributed by atoms with Crippen LogP contribution in [0.5, 0.6) is 0 Å². The summed E-state index contributed by atoms with van der Waals surface area (Å²) in [7, 11) is 0. The lowest BCUT2D eigenvalue weighted by Gasteiger charge is -1.94. The summed E-state index contributed by atoms with van der Waals surface area (Å²) in [6.45, 7) is 1.12. The van der Waals surface area contributed by atoms with Crippen molar-refractivity contribution in [3.63, 3.8) is 0 Å². The Hall–Kier alpha value is -0.790. The van der Waals surface area contributed by atoms with E-state index in [0.29, 0.717) is 0 Å². The largest absolute Gasteiger partial charge is 0.328 e. The third-order valence-corrected chi connectivity index (χ3v) is 1.66. The van der Waals surface area contributed by atoms with E-state index in [-0.39, 0.29) is 0 Å². The van der Waals surface area contributed by atoms with Gasteiger partial charge in [-0.15, -0.1) is 0 Å². The van der Waals surface area contributed by atoms with Crippen molar-refractivity contribution < 1.29 is 0 Å². The van der Waals surface area contributed by atoms with Gasteiger partial charge >= 0.3 is 0 Å². The molecule has 1 aliphatic rings. The van der Waals surface area contributed by atoms with Crippen LogP contribution in [0.15, 0.2) is 12.4 Å². The Kier molecular flexibility index (Phi) is 1.04. The average Bonchev–Trinajstić information content (AvgIpc) is 2.46. The van der Waals surface area contributed by atoms with Crippen LogP contribution in [0, 0.1) is 12.2 Å². The first kappa shape index (κ1) is 5.03. The molecule has 0 N–H and O–H groups in total. The highest BCUT2D eigenvalue weighted by atomic mass is 15.0. The van der Waals surface area contributed by atoms with Crippen molar-refractivity contribution in [2.24, 2.45) is 5.92 Å². The third kappa shape index (κ3) is 1.12. The van der Waals surface area contributed by atoms with E-state index in [1.165, 1.54) is 12.8 Å². The molecular formula is C7H9N2. The van der Waals surface area contributed by atoms with E-state index >= 15 is 0 Å². The van der Waals surface area contributed by atoms with Crippen LogP contribution < -0.4 is 0 Å². The van der Waals surface area contributed by atoms with Crippen LogP contribution in [0.4, 0.5) is 0 Å². The van der Waals surface area contributed by atoms with Crippen molar-refractivity contribution in [2.75, 3.05) is 0 Å². The van der Waals surface area contributed by atoms with Gasteiger partial charge < -0.3 is 4.57 Å². The second-order valence-corrected chi connectivity index (χ2v) is 2.62. The summed E-state index contributed by atoms with van der Waals surface area (Å²) < 4.78 is 2.03. The molecule has 9 heavy (non-hydrogen) atoms. The summed E-state index contributed by atoms with van der Waals surface area (Å²) in [4.78, 5) is 3.84. The third-order valence-electron chi connectivity index (χ3n) is 1.66. The number of rotatable bonds is 2. The van der Waals surface area contributed by atoms with Crippen molar-refractivity contribution in [2.45, 2.75) is 19.4 Å². The van der Waals surface area contributed by atoms with Gasteiger partial charge in [0.25, 0.3) is 0 Å². The Morgan fingerprint density at radius 2 is 2.56 bits per heavy atom. The van der Waals surface area contributed by atoms with Crippen molar-refractivity contribution in [1.82, 2.24) is 9.55 Å². The second kappa shape index (κ2) is 1.87. The van der Waals surface area contributed by atoms with E-state index in [0.717, 1.165) is 12.5 Å². The fourth-order valence-electron chi connectivity index (χ4n) is 0.935. The maximum absolute atomic E-state index is 3.84. The van der Waals surface area contributed by atoms with Crippen molar-refractivity contribution >= 4 is 0 Å². The summed E-state index contributed by atoms with van der Waals surface area (Å²) in [5.74, 6) is 0.926. The first-order valence-electron chi connectivity index (χ1n) is 3.34. The molecule has 47 valence electrons. The standard InChI is InChI=1S/C7H9N2/c1-2-7(1)5-9-4-3-8-6-9/h3-4,7H,1-2,5H2.